The molecular weight excluding hydrogens is 338 g/mol. The molecule has 3 N–H and O–H groups in total. The molecule has 3 aromatic rings. The van der Waals surface area contributed by atoms with Gasteiger partial charge in [0.2, 0.25) is 0 Å². The number of allylic oxidation sites excluding steroid dienone is 1. The molecule has 0 saturated carbocycles. The van der Waals surface area contributed by atoms with Gasteiger partial charge in [0, 0.05) is 0 Å². The van der Waals surface area contributed by atoms with Gasteiger partial charge in [-0.25, -0.2) is 9.13 Å². The first-order chi connectivity index (χ1) is 11.7. The Kier molecular flexibility index (Phi) is 6.44. The van der Waals surface area contributed by atoms with Crippen LogP contribution in [-0.4, -0.2) is 22.4 Å². The van der Waals surface area contributed by atoms with E-state index in [0.717, 1.165) is 16.8 Å². The number of ether oxygens (including phenoxy) is 1. The molecule has 0 saturated heterocycles. The van der Waals surface area contributed by atoms with E-state index in [0.29, 0.717) is 19.0 Å². The van der Waals surface area contributed by atoms with Gasteiger partial charge in [0.1, 0.15) is 36.0 Å². The number of imidazole rings is 1. The lowest BCUT2D eigenvalue weighted by Crippen LogP contribution is -3.00. The summed E-state index contributed by atoms with van der Waals surface area (Å²) in [6, 6.07) is 17.4. The molecule has 1 heterocycles. The number of aliphatic hydroxyl groups is 1. The number of aliphatic hydroxyl groups excluding tert-OH is 1. The first-order valence-corrected chi connectivity index (χ1v) is 7.94. The SMILES string of the molecule is C=CCn1c(N)[n+](CC(O)COc2ccccc2)c2ccccc21.[Cl-]. The summed E-state index contributed by atoms with van der Waals surface area (Å²) in [7, 11) is 0. The Hall–Kier alpha value is -2.50. The van der Waals surface area contributed by atoms with Crippen molar-refractivity contribution in [1.82, 2.24) is 4.57 Å². The molecule has 0 radical (unpaired) electrons. The van der Waals surface area contributed by atoms with E-state index in [4.69, 9.17) is 10.5 Å². The largest absolute Gasteiger partial charge is 1.00 e. The van der Waals surface area contributed by atoms with Gasteiger partial charge in [0.15, 0.2) is 0 Å². The molecule has 1 aromatic heterocycles. The number of anilines is 1. The average molecular weight is 360 g/mol. The van der Waals surface area contributed by atoms with Crippen LogP contribution in [0, 0.1) is 0 Å². The van der Waals surface area contributed by atoms with Gasteiger partial charge in [-0.3, -0.25) is 5.73 Å². The highest BCUT2D eigenvalue weighted by molar-refractivity contribution is 5.73. The van der Waals surface area contributed by atoms with Crippen molar-refractivity contribution >= 4 is 17.0 Å². The van der Waals surface area contributed by atoms with E-state index in [2.05, 4.69) is 6.58 Å². The first-order valence-electron chi connectivity index (χ1n) is 7.94. The lowest BCUT2D eigenvalue weighted by Gasteiger charge is -2.12. The van der Waals surface area contributed by atoms with E-state index >= 15 is 0 Å². The molecule has 2 aromatic carbocycles. The zero-order chi connectivity index (χ0) is 16.9. The normalized spacial score (nSPS) is 11.7. The zero-order valence-corrected chi connectivity index (χ0v) is 14.6. The molecule has 3 rings (SSSR count). The lowest BCUT2D eigenvalue weighted by atomic mass is 10.3. The molecule has 0 fully saturated rings. The summed E-state index contributed by atoms with van der Waals surface area (Å²) in [6.07, 6.45) is 1.14. The van der Waals surface area contributed by atoms with Gasteiger partial charge in [-0.15, -0.1) is 0 Å². The number of hydrogen-bond acceptors (Lipinski definition) is 3. The summed E-state index contributed by atoms with van der Waals surface area (Å²) in [5, 5.41) is 10.4. The van der Waals surface area contributed by atoms with Gasteiger partial charge >= 0.3 is 5.95 Å². The Bertz CT molecular complexity index is 833. The number of para-hydroxylation sites is 3. The van der Waals surface area contributed by atoms with Crippen LogP contribution in [0.1, 0.15) is 0 Å². The summed E-state index contributed by atoms with van der Waals surface area (Å²) in [4.78, 5) is 0. The van der Waals surface area contributed by atoms with Crippen molar-refractivity contribution < 1.29 is 26.8 Å². The van der Waals surface area contributed by atoms with Crippen LogP contribution in [0.4, 0.5) is 5.95 Å². The second-order valence-electron chi connectivity index (χ2n) is 5.63. The molecule has 0 aliphatic heterocycles. The summed E-state index contributed by atoms with van der Waals surface area (Å²) in [5.74, 6) is 1.33. The van der Waals surface area contributed by atoms with Crippen LogP contribution >= 0.6 is 0 Å². The van der Waals surface area contributed by atoms with E-state index in [1.165, 1.54) is 0 Å². The van der Waals surface area contributed by atoms with Crippen molar-refractivity contribution in [3.63, 3.8) is 0 Å². The van der Waals surface area contributed by atoms with Crippen LogP contribution in [0.3, 0.4) is 0 Å². The summed E-state index contributed by atoms with van der Waals surface area (Å²) in [5.41, 5.74) is 8.29. The summed E-state index contributed by atoms with van der Waals surface area (Å²) in [6.45, 7) is 4.97. The van der Waals surface area contributed by atoms with E-state index in [-0.39, 0.29) is 19.0 Å². The number of rotatable bonds is 7. The number of benzene rings is 2. The van der Waals surface area contributed by atoms with E-state index in [1.54, 1.807) is 0 Å². The Labute approximate surface area is 153 Å². The summed E-state index contributed by atoms with van der Waals surface area (Å²) >= 11 is 0. The highest BCUT2D eigenvalue weighted by Crippen LogP contribution is 2.16. The van der Waals surface area contributed by atoms with E-state index in [1.807, 2.05) is 69.8 Å². The molecule has 0 amide bonds. The first kappa shape index (κ1) is 18.8. The fourth-order valence-electron chi connectivity index (χ4n) is 2.80. The van der Waals surface area contributed by atoms with Crippen LogP contribution in [0.25, 0.3) is 11.0 Å². The highest BCUT2D eigenvalue weighted by atomic mass is 35.5. The van der Waals surface area contributed by atoms with Gasteiger partial charge in [0.25, 0.3) is 0 Å². The lowest BCUT2D eigenvalue weighted by molar-refractivity contribution is -0.665. The number of fused-ring (bicyclic) bond motifs is 1. The Morgan fingerprint density at radius 1 is 1.16 bits per heavy atom. The number of halogens is 1. The van der Waals surface area contributed by atoms with E-state index < -0.39 is 6.10 Å². The third-order valence-electron chi connectivity index (χ3n) is 3.91. The van der Waals surface area contributed by atoms with Crippen LogP contribution in [0.2, 0.25) is 0 Å². The van der Waals surface area contributed by atoms with Crippen molar-refractivity contribution in [2.24, 2.45) is 0 Å². The average Bonchev–Trinajstić information content (AvgIpc) is 2.87. The van der Waals surface area contributed by atoms with Gasteiger partial charge in [-0.1, -0.05) is 43.0 Å². The fourth-order valence-corrected chi connectivity index (χ4v) is 2.80. The number of nitrogens with two attached hydrogens (primary N) is 1. The molecule has 5 nitrogen and oxygen atoms in total. The van der Waals surface area contributed by atoms with Crippen LogP contribution < -0.4 is 27.4 Å². The standard InChI is InChI=1S/C19H21N3O2.ClH/c1-2-12-21-17-10-6-7-11-18(17)22(19(21)20)13-15(23)14-24-16-8-4-3-5-9-16;/h2-11,15,20,23H,1,12-14H2;1H. The van der Waals surface area contributed by atoms with Gasteiger partial charge in [-0.05, 0) is 24.3 Å². The maximum atomic E-state index is 10.4. The second-order valence-corrected chi connectivity index (χ2v) is 5.63. The van der Waals surface area contributed by atoms with Crippen LogP contribution in [0.15, 0.2) is 67.3 Å². The molecule has 0 aliphatic carbocycles. The Balaban J connectivity index is 0.00000225. The van der Waals surface area contributed by atoms with Gasteiger partial charge in [-0.2, -0.15) is 0 Å². The monoisotopic (exact) mass is 359 g/mol. The molecule has 25 heavy (non-hydrogen) atoms. The quantitative estimate of drug-likeness (QED) is 0.426. The van der Waals surface area contributed by atoms with Gasteiger partial charge < -0.3 is 22.3 Å². The topological polar surface area (TPSA) is 64.3 Å². The summed E-state index contributed by atoms with van der Waals surface area (Å²) < 4.78 is 9.51. The molecular formula is C19H22ClN3O2. The predicted octanol–water partition coefficient (Wildman–Crippen LogP) is -0.859. The van der Waals surface area contributed by atoms with Crippen molar-refractivity contribution in [3.8, 4) is 5.75 Å². The maximum absolute atomic E-state index is 10.4. The van der Waals surface area contributed by atoms with Crippen LogP contribution in [0.5, 0.6) is 5.75 Å². The fraction of sp³-hybridized carbons (Fsp3) is 0.211. The molecule has 0 aliphatic rings. The molecule has 0 spiro atoms. The Morgan fingerprint density at radius 2 is 1.84 bits per heavy atom. The molecule has 6 heteroatoms. The highest BCUT2D eigenvalue weighted by Gasteiger charge is 2.22. The third kappa shape index (κ3) is 4.13. The van der Waals surface area contributed by atoms with Crippen molar-refractivity contribution in [2.75, 3.05) is 12.3 Å². The van der Waals surface area contributed by atoms with Crippen LogP contribution in [-0.2, 0) is 13.1 Å². The van der Waals surface area contributed by atoms with Gasteiger partial charge in [0.05, 0.1) is 6.54 Å². The number of nitrogens with zero attached hydrogens (tertiary/aromatic N) is 2. The number of hydrogen-bond donors (Lipinski definition) is 2. The molecule has 0 bridgehead atoms. The Morgan fingerprint density at radius 3 is 2.56 bits per heavy atom. The second kappa shape index (κ2) is 8.55. The third-order valence-corrected chi connectivity index (χ3v) is 3.91. The maximum Gasteiger partial charge on any atom is 0.356 e. The minimum atomic E-state index is -0.666. The van der Waals surface area contributed by atoms with Crippen molar-refractivity contribution in [2.45, 2.75) is 19.2 Å². The predicted molar refractivity (Wildman–Crippen MR) is 94.7 cm³/mol. The van der Waals surface area contributed by atoms with Crippen molar-refractivity contribution in [1.29, 1.82) is 0 Å². The number of aromatic nitrogens is 2. The minimum absolute atomic E-state index is 0. The molecule has 1 unspecified atom stereocenters. The van der Waals surface area contributed by atoms with E-state index in [9.17, 15) is 5.11 Å². The smallest absolute Gasteiger partial charge is 0.356 e. The molecule has 132 valence electrons. The number of nitrogen functional groups attached to an aromatic ring is 1. The van der Waals surface area contributed by atoms with Crippen molar-refractivity contribution in [3.05, 3.63) is 67.3 Å². The zero-order valence-electron chi connectivity index (χ0n) is 13.9. The minimum Gasteiger partial charge on any atom is -1.00 e. The molecule has 1 atom stereocenters.